The van der Waals surface area contributed by atoms with Crippen molar-refractivity contribution in [2.75, 3.05) is 26.2 Å². The number of aromatic amines is 1. The first-order valence-electron chi connectivity index (χ1n) is 8.87. The van der Waals surface area contributed by atoms with Gasteiger partial charge in [0, 0.05) is 38.4 Å². The average molecular weight is 352 g/mol. The lowest BCUT2D eigenvalue weighted by molar-refractivity contribution is 0.0702. The third-order valence-corrected chi connectivity index (χ3v) is 5.31. The molecule has 24 heavy (non-hydrogen) atoms. The summed E-state index contributed by atoms with van der Waals surface area (Å²) < 4.78 is 0. The van der Waals surface area contributed by atoms with Crippen molar-refractivity contribution >= 4 is 17.5 Å². The van der Waals surface area contributed by atoms with E-state index >= 15 is 0 Å². The zero-order valence-electron chi connectivity index (χ0n) is 14.4. The molecule has 1 saturated carbocycles. The number of amides is 1. The Bertz CT molecular complexity index is 654. The molecular weight excluding hydrogens is 326 g/mol. The fraction of sp³-hybridized carbons (Fsp3) is 0.667. The summed E-state index contributed by atoms with van der Waals surface area (Å²) in [5.41, 5.74) is -0.231. The van der Waals surface area contributed by atoms with Gasteiger partial charge in [0.2, 0.25) is 0 Å². The van der Waals surface area contributed by atoms with Crippen LogP contribution in [-0.4, -0.2) is 52.9 Å². The molecule has 1 aliphatic carbocycles. The summed E-state index contributed by atoms with van der Waals surface area (Å²) in [5.74, 6) is 1.09. The molecule has 1 amide bonds. The van der Waals surface area contributed by atoms with Gasteiger partial charge in [-0.25, -0.2) is 0 Å². The van der Waals surface area contributed by atoms with E-state index in [1.807, 2.05) is 4.90 Å². The molecule has 2 heterocycles. The van der Waals surface area contributed by atoms with E-state index in [0.717, 1.165) is 25.4 Å². The van der Waals surface area contributed by atoms with E-state index in [-0.39, 0.29) is 17.0 Å². The monoisotopic (exact) mass is 351 g/mol. The van der Waals surface area contributed by atoms with Crippen LogP contribution in [-0.2, 0) is 0 Å². The molecule has 1 atom stereocenters. The largest absolute Gasteiger partial charge is 0.337 e. The molecule has 0 spiro atoms. The van der Waals surface area contributed by atoms with Crippen LogP contribution in [0.2, 0.25) is 5.02 Å². The van der Waals surface area contributed by atoms with Crippen molar-refractivity contribution in [2.24, 2.45) is 11.8 Å². The maximum absolute atomic E-state index is 12.9. The molecule has 2 fully saturated rings. The van der Waals surface area contributed by atoms with Crippen LogP contribution in [0.25, 0.3) is 0 Å². The lowest BCUT2D eigenvalue weighted by Crippen LogP contribution is -2.47. The van der Waals surface area contributed by atoms with Crippen LogP contribution in [0, 0.1) is 11.8 Å². The maximum atomic E-state index is 12.9. The van der Waals surface area contributed by atoms with Gasteiger partial charge in [0.05, 0.1) is 5.02 Å². The third kappa shape index (κ3) is 4.01. The molecule has 0 unspecified atom stereocenters. The van der Waals surface area contributed by atoms with Crippen molar-refractivity contribution in [3.63, 3.8) is 0 Å². The summed E-state index contributed by atoms with van der Waals surface area (Å²) in [6, 6.07) is 1.82. The molecular formula is C18H26ClN3O2. The standard InChI is InChI=1S/C18H26ClN3O2/c1-12(2)16-11-22(7-3-6-21(16)10-13-4-5-13)18(24)15-8-14(19)9-20-17(15)23/h8-9,12-13,16H,3-7,10-11H2,1-2H3,(H,20,23)/t16-/m0/s1. The van der Waals surface area contributed by atoms with Crippen LogP contribution in [0.3, 0.4) is 0 Å². The van der Waals surface area contributed by atoms with Crippen LogP contribution in [0.4, 0.5) is 0 Å². The summed E-state index contributed by atoms with van der Waals surface area (Å²) in [6.45, 7) is 7.96. The average Bonchev–Trinajstić information content (AvgIpc) is 3.36. The van der Waals surface area contributed by atoms with Gasteiger partial charge in [0.15, 0.2) is 0 Å². The number of hydrogen-bond donors (Lipinski definition) is 1. The summed E-state index contributed by atoms with van der Waals surface area (Å²) in [5, 5.41) is 0.378. The number of pyridine rings is 1. The van der Waals surface area contributed by atoms with Crippen LogP contribution in [0.15, 0.2) is 17.1 Å². The van der Waals surface area contributed by atoms with Crippen molar-refractivity contribution in [1.82, 2.24) is 14.8 Å². The molecule has 6 heteroatoms. The quantitative estimate of drug-likeness (QED) is 0.907. The molecule has 1 saturated heterocycles. The molecule has 1 aromatic rings. The predicted molar refractivity (Wildman–Crippen MR) is 95.5 cm³/mol. The fourth-order valence-corrected chi connectivity index (χ4v) is 3.69. The molecule has 3 rings (SSSR count). The smallest absolute Gasteiger partial charge is 0.260 e. The van der Waals surface area contributed by atoms with Gasteiger partial charge in [-0.2, -0.15) is 0 Å². The number of nitrogens with zero attached hydrogens (tertiary/aromatic N) is 2. The second-order valence-corrected chi connectivity index (χ2v) is 7.85. The van der Waals surface area contributed by atoms with Gasteiger partial charge >= 0.3 is 0 Å². The Kier molecular flexibility index (Phi) is 5.30. The highest BCUT2D eigenvalue weighted by Crippen LogP contribution is 2.32. The molecule has 1 aliphatic heterocycles. The van der Waals surface area contributed by atoms with E-state index in [1.165, 1.54) is 25.1 Å². The molecule has 1 aromatic heterocycles. The second-order valence-electron chi connectivity index (χ2n) is 7.42. The topological polar surface area (TPSA) is 56.4 Å². The lowest BCUT2D eigenvalue weighted by atomic mass is 10.0. The molecule has 5 nitrogen and oxygen atoms in total. The number of carbonyl (C=O) groups excluding carboxylic acids is 1. The molecule has 0 aromatic carbocycles. The van der Waals surface area contributed by atoms with Crippen molar-refractivity contribution in [2.45, 2.75) is 39.2 Å². The van der Waals surface area contributed by atoms with Gasteiger partial charge in [-0.1, -0.05) is 25.4 Å². The van der Waals surface area contributed by atoms with E-state index in [0.29, 0.717) is 30.1 Å². The first-order valence-corrected chi connectivity index (χ1v) is 9.25. The zero-order valence-corrected chi connectivity index (χ0v) is 15.2. The minimum Gasteiger partial charge on any atom is -0.337 e. The minimum absolute atomic E-state index is 0.139. The van der Waals surface area contributed by atoms with Gasteiger partial charge in [-0.05, 0) is 37.2 Å². The highest BCUT2D eigenvalue weighted by molar-refractivity contribution is 6.30. The Labute approximate surface area is 148 Å². The van der Waals surface area contributed by atoms with E-state index < -0.39 is 0 Å². The Morgan fingerprint density at radius 1 is 1.38 bits per heavy atom. The summed E-state index contributed by atoms with van der Waals surface area (Å²) in [7, 11) is 0. The number of aromatic nitrogens is 1. The SMILES string of the molecule is CC(C)[C@@H]1CN(C(=O)c2cc(Cl)c[nH]c2=O)CCCN1CC1CC1. The van der Waals surface area contributed by atoms with Gasteiger partial charge in [0.1, 0.15) is 5.56 Å². The van der Waals surface area contributed by atoms with Crippen molar-refractivity contribution in [3.8, 4) is 0 Å². The van der Waals surface area contributed by atoms with Crippen molar-refractivity contribution in [3.05, 3.63) is 33.2 Å². The highest BCUT2D eigenvalue weighted by atomic mass is 35.5. The number of halogens is 1. The highest BCUT2D eigenvalue weighted by Gasteiger charge is 2.33. The summed E-state index contributed by atoms with van der Waals surface area (Å²) in [4.78, 5) is 31.8. The molecule has 132 valence electrons. The number of rotatable bonds is 4. The molecule has 2 aliphatic rings. The number of carbonyl (C=O) groups is 1. The van der Waals surface area contributed by atoms with Crippen molar-refractivity contribution < 1.29 is 4.79 Å². The predicted octanol–water partition coefficient (Wildman–Crippen LogP) is 2.61. The van der Waals surface area contributed by atoms with E-state index in [1.54, 1.807) is 0 Å². The summed E-state index contributed by atoms with van der Waals surface area (Å²) >= 11 is 5.95. The number of H-pyrrole nitrogens is 1. The first kappa shape index (κ1) is 17.5. The molecule has 1 N–H and O–H groups in total. The van der Waals surface area contributed by atoms with E-state index in [2.05, 4.69) is 23.7 Å². The second kappa shape index (κ2) is 7.28. The van der Waals surface area contributed by atoms with Gasteiger partial charge in [-0.3, -0.25) is 14.5 Å². The van der Waals surface area contributed by atoms with Crippen LogP contribution in [0.5, 0.6) is 0 Å². The number of nitrogens with one attached hydrogen (secondary N) is 1. The Hall–Kier alpha value is -1.33. The zero-order chi connectivity index (χ0) is 17.3. The van der Waals surface area contributed by atoms with Crippen molar-refractivity contribution in [1.29, 1.82) is 0 Å². The lowest BCUT2D eigenvalue weighted by Gasteiger charge is -2.34. The van der Waals surface area contributed by atoms with Gasteiger partial charge in [0.25, 0.3) is 11.5 Å². The van der Waals surface area contributed by atoms with Crippen LogP contribution >= 0.6 is 11.6 Å². The Balaban J connectivity index is 1.78. The minimum atomic E-state index is -0.371. The van der Waals surface area contributed by atoms with E-state index in [9.17, 15) is 9.59 Å². The Morgan fingerprint density at radius 3 is 2.79 bits per heavy atom. The first-order chi connectivity index (χ1) is 11.5. The normalized spacial score (nSPS) is 22.7. The third-order valence-electron chi connectivity index (χ3n) is 5.09. The van der Waals surface area contributed by atoms with Crippen LogP contribution in [0.1, 0.15) is 43.5 Å². The number of hydrogen-bond acceptors (Lipinski definition) is 3. The fourth-order valence-electron chi connectivity index (χ4n) is 3.53. The van der Waals surface area contributed by atoms with Gasteiger partial charge < -0.3 is 9.88 Å². The molecule has 0 bridgehead atoms. The summed E-state index contributed by atoms with van der Waals surface area (Å²) in [6.07, 6.45) is 5.03. The molecule has 0 radical (unpaired) electrons. The van der Waals surface area contributed by atoms with Crippen LogP contribution < -0.4 is 5.56 Å². The Morgan fingerprint density at radius 2 is 2.12 bits per heavy atom. The maximum Gasteiger partial charge on any atom is 0.260 e. The van der Waals surface area contributed by atoms with E-state index in [4.69, 9.17) is 11.6 Å². The van der Waals surface area contributed by atoms with Gasteiger partial charge in [-0.15, -0.1) is 0 Å².